The first-order valence-corrected chi connectivity index (χ1v) is 31.2. The van der Waals surface area contributed by atoms with Crippen molar-refractivity contribution in [2.45, 2.75) is 185 Å². The maximum absolute atomic E-state index is 8.71. The Hall–Kier alpha value is -6.96. The van der Waals surface area contributed by atoms with Gasteiger partial charge in [-0.1, -0.05) is 354 Å². The lowest BCUT2D eigenvalue weighted by atomic mass is 9.89. The molecule has 0 unspecified atom stereocenters. The zero-order valence-electron chi connectivity index (χ0n) is 55.0. The lowest BCUT2D eigenvalue weighted by molar-refractivity contribution is 0.551. The number of unbranched alkanes of at least 4 members (excludes halogenated alkanes) is 12. The van der Waals surface area contributed by atoms with Crippen LogP contribution < -0.4 is 5.23 Å². The molecule has 3 heteroatoms. The van der Waals surface area contributed by atoms with Crippen LogP contribution in [-0.2, 0) is 12.8 Å². The highest BCUT2D eigenvalue weighted by Crippen LogP contribution is 2.08. The third-order valence-electron chi connectivity index (χ3n) is 12.2. The third-order valence-corrected chi connectivity index (χ3v) is 12.2. The van der Waals surface area contributed by atoms with Gasteiger partial charge in [-0.25, -0.2) is 0 Å². The molecule has 0 spiro atoms. The molecule has 0 aliphatic heterocycles. The Balaban J connectivity index is -0.000000424. The van der Waals surface area contributed by atoms with Gasteiger partial charge in [0.15, 0.2) is 0 Å². The molecule has 84 heavy (non-hydrogen) atoms. The van der Waals surface area contributed by atoms with E-state index in [9.17, 15) is 0 Å². The molecule has 2 nitrogen and oxygen atoms in total. The number of terminal acetylenes is 1. The second kappa shape index (κ2) is 66.8. The summed E-state index contributed by atoms with van der Waals surface area (Å²) in [6, 6.07) is 53.9. The number of allylic oxidation sites excluding steroid dienone is 3. The maximum atomic E-state index is 8.71. The summed E-state index contributed by atoms with van der Waals surface area (Å²) in [7, 11) is -0.380. The van der Waals surface area contributed by atoms with E-state index in [0.29, 0.717) is 6.42 Å². The summed E-state index contributed by atoms with van der Waals surface area (Å²) in [6.07, 6.45) is 40.9. The number of aryl methyl sites for hydroxylation is 6. The fraction of sp³-hybridized carbons (Fsp3) is 0.358. The predicted octanol–water partition coefficient (Wildman–Crippen LogP) is 24.2. The van der Waals surface area contributed by atoms with Gasteiger partial charge in [0.05, 0.1) is 0 Å². The Labute approximate surface area is 520 Å². The molecule has 0 heterocycles. The van der Waals surface area contributed by atoms with E-state index in [2.05, 4.69) is 217 Å². The van der Waals surface area contributed by atoms with Crippen molar-refractivity contribution in [1.82, 2.24) is 5.23 Å². The first kappa shape index (κ1) is 83.5. The Kier molecular flexibility index (Phi) is 66.4. The van der Waals surface area contributed by atoms with Crippen molar-refractivity contribution >= 4 is 31.4 Å². The van der Waals surface area contributed by atoms with Crippen molar-refractivity contribution in [1.29, 1.82) is 0 Å². The third kappa shape index (κ3) is 62.6. The average molecular weight is 1130 g/mol. The summed E-state index contributed by atoms with van der Waals surface area (Å²) in [5.74, 6) is 2.40. The highest BCUT2D eigenvalue weighted by atomic mass is 16.2. The van der Waals surface area contributed by atoms with E-state index in [1.165, 1.54) is 139 Å². The highest BCUT2D eigenvalue weighted by molar-refractivity contribution is 6.45. The minimum Gasteiger partial charge on any atom is -0.437 e. The SMILES string of the molecule is C#CCC=C.C=CCCCCCCC.C=CCCCNB(C)O.C=Cc1ccc(C)cc1.C=Cc1cccc(C)c1.C=Cc1cccc(C)c1.C=Cc1ccccc1.CCCCCCCCC.CCc1ccc(C)cc1.CCc1ccccc1. The van der Waals surface area contributed by atoms with Crippen LogP contribution in [0, 0.1) is 40.0 Å². The lowest BCUT2D eigenvalue weighted by Gasteiger charge is -2.00. The summed E-state index contributed by atoms with van der Waals surface area (Å²) >= 11 is 0. The van der Waals surface area contributed by atoms with Crippen LogP contribution in [0.2, 0.25) is 6.82 Å². The summed E-state index contributed by atoms with van der Waals surface area (Å²) < 4.78 is 0. The molecule has 0 fully saturated rings. The van der Waals surface area contributed by atoms with Crippen molar-refractivity contribution in [3.8, 4) is 12.3 Å². The second-order valence-corrected chi connectivity index (χ2v) is 20.2. The van der Waals surface area contributed by atoms with Crippen molar-refractivity contribution < 1.29 is 5.02 Å². The van der Waals surface area contributed by atoms with Gasteiger partial charge in [0.2, 0.25) is 0 Å². The van der Waals surface area contributed by atoms with Crippen molar-refractivity contribution in [3.63, 3.8) is 0 Å². The van der Waals surface area contributed by atoms with Gasteiger partial charge in [-0.2, -0.15) is 0 Å². The molecule has 0 atom stereocenters. The van der Waals surface area contributed by atoms with E-state index in [4.69, 9.17) is 11.4 Å². The van der Waals surface area contributed by atoms with Crippen LogP contribution in [0.5, 0.6) is 0 Å². The van der Waals surface area contributed by atoms with Crippen LogP contribution in [0.25, 0.3) is 24.3 Å². The fourth-order valence-electron chi connectivity index (χ4n) is 6.99. The Morgan fingerprint density at radius 1 is 0.405 bits per heavy atom. The Bertz CT molecular complexity index is 2390. The number of rotatable bonds is 24. The summed E-state index contributed by atoms with van der Waals surface area (Å²) in [6.45, 7) is 47.3. The summed E-state index contributed by atoms with van der Waals surface area (Å²) in [5, 5.41) is 11.6. The molecule has 0 aromatic heterocycles. The molecule has 6 rings (SSSR count). The predicted molar refractivity (Wildman–Crippen MR) is 389 cm³/mol. The van der Waals surface area contributed by atoms with E-state index < -0.39 is 0 Å². The molecule has 0 amide bonds. The molecular weight excluding hydrogens is 1010 g/mol. The Morgan fingerprint density at radius 3 is 1.07 bits per heavy atom. The van der Waals surface area contributed by atoms with Gasteiger partial charge >= 0.3 is 7.05 Å². The van der Waals surface area contributed by atoms with Crippen molar-refractivity contribution in [2.24, 2.45) is 0 Å². The van der Waals surface area contributed by atoms with Crippen LogP contribution in [0.1, 0.15) is 193 Å². The smallest absolute Gasteiger partial charge is 0.373 e. The minimum absolute atomic E-state index is 0.380. The van der Waals surface area contributed by atoms with Crippen molar-refractivity contribution in [3.05, 3.63) is 278 Å². The number of hydrogen-bond acceptors (Lipinski definition) is 2. The van der Waals surface area contributed by atoms with E-state index in [-0.39, 0.29) is 7.05 Å². The van der Waals surface area contributed by atoms with Crippen LogP contribution >= 0.6 is 0 Å². The van der Waals surface area contributed by atoms with Gasteiger partial charge in [0, 0.05) is 6.42 Å². The van der Waals surface area contributed by atoms with Gasteiger partial charge in [0.1, 0.15) is 0 Å². The van der Waals surface area contributed by atoms with Crippen LogP contribution in [0.3, 0.4) is 0 Å². The van der Waals surface area contributed by atoms with E-state index >= 15 is 0 Å². The zero-order chi connectivity index (χ0) is 63.5. The molecule has 0 aliphatic carbocycles. The molecule has 0 saturated heterocycles. The lowest BCUT2D eigenvalue weighted by Crippen LogP contribution is -2.31. The minimum atomic E-state index is -0.380. The summed E-state index contributed by atoms with van der Waals surface area (Å²) in [5.41, 5.74) is 12.8. The number of nitrogens with one attached hydrogen (secondary N) is 1. The van der Waals surface area contributed by atoms with E-state index in [1.807, 2.05) is 97.1 Å². The average Bonchev–Trinajstić information content (AvgIpc) is 3.53. The quantitative estimate of drug-likeness (QED) is 0.0274. The van der Waals surface area contributed by atoms with Crippen LogP contribution in [0.15, 0.2) is 222 Å². The van der Waals surface area contributed by atoms with Gasteiger partial charge in [-0.15, -0.1) is 32.1 Å². The van der Waals surface area contributed by atoms with Crippen LogP contribution in [-0.4, -0.2) is 18.6 Å². The molecule has 6 aromatic carbocycles. The zero-order valence-corrected chi connectivity index (χ0v) is 55.0. The molecule has 456 valence electrons. The van der Waals surface area contributed by atoms with Crippen molar-refractivity contribution in [2.75, 3.05) is 6.54 Å². The molecule has 0 aliphatic rings. The molecule has 0 bridgehead atoms. The van der Waals surface area contributed by atoms with Crippen LogP contribution in [0.4, 0.5) is 0 Å². The second-order valence-electron chi connectivity index (χ2n) is 20.2. The first-order chi connectivity index (χ1) is 40.7. The molecule has 2 N–H and O–H groups in total. The van der Waals surface area contributed by atoms with Gasteiger partial charge < -0.3 is 10.3 Å². The van der Waals surface area contributed by atoms with Gasteiger partial charge in [-0.3, -0.25) is 0 Å². The highest BCUT2D eigenvalue weighted by Gasteiger charge is 1.97. The summed E-state index contributed by atoms with van der Waals surface area (Å²) in [4.78, 5) is 0. The van der Waals surface area contributed by atoms with E-state index in [0.717, 1.165) is 32.2 Å². The normalized spacial score (nSPS) is 8.98. The molecule has 0 saturated carbocycles. The molecule has 6 aromatic rings. The van der Waals surface area contributed by atoms with E-state index in [1.54, 1.807) is 12.9 Å². The molecule has 0 radical (unpaired) electrons. The molecular formula is C81H118BNO. The Morgan fingerprint density at radius 2 is 0.762 bits per heavy atom. The standard InChI is InChI=1S/C9H12.3C9H10.C9H20.C9H18.C8H10.C8H8.C6H14BNO.C5H6/c2*1-3-9-6-4-8(2)5-7-9;2*1-3-9-6-4-5-8(2)7-9;2*1-3-5-7-9-8-6-4-2;2*1-2-8-6-4-3-5-7-8;1-3-4-5-6-8-7(2)9;1-3-5-4-2/h4-7H,3H2,1-2H3;3*3-7H,1H2,2H3;3-9H2,1-2H3;3H,1,4-9H2,2H3;3-7H,2H2,1H3;2-7H,1H2;3,8-9H,1,4-6H2,2H3;1,4H,2,5H2. The number of benzene rings is 6. The first-order valence-electron chi connectivity index (χ1n) is 31.2. The fourth-order valence-corrected chi connectivity index (χ4v) is 6.99. The monoisotopic (exact) mass is 1130 g/mol. The van der Waals surface area contributed by atoms with Gasteiger partial charge in [0.25, 0.3) is 0 Å². The number of hydrogen-bond donors (Lipinski definition) is 2. The topological polar surface area (TPSA) is 32.3 Å². The van der Waals surface area contributed by atoms with Gasteiger partial charge in [-0.05, 0) is 113 Å². The largest absolute Gasteiger partial charge is 0.437 e. The maximum Gasteiger partial charge on any atom is 0.373 e.